The van der Waals surface area contributed by atoms with Gasteiger partial charge in [0.05, 0.1) is 24.8 Å². The molecule has 0 bridgehead atoms. The van der Waals surface area contributed by atoms with Crippen LogP contribution in [0.25, 0.3) is 10.8 Å². The molecule has 0 spiro atoms. The first-order valence-corrected chi connectivity index (χ1v) is 8.76. The number of anilines is 1. The molecule has 0 amide bonds. The fraction of sp³-hybridized carbons (Fsp3) is 0.111. The molecule has 0 aliphatic heterocycles. The average Bonchev–Trinajstić information content (AvgIpc) is 2.60. The summed E-state index contributed by atoms with van der Waals surface area (Å²) in [6, 6.07) is 17.6. The van der Waals surface area contributed by atoms with Crippen molar-refractivity contribution in [1.29, 1.82) is 0 Å². The Kier molecular flexibility index (Phi) is 4.31. The van der Waals surface area contributed by atoms with Crippen LogP contribution in [0, 0.1) is 0 Å². The molecule has 0 heterocycles. The molecule has 3 aromatic carbocycles. The van der Waals surface area contributed by atoms with E-state index >= 15 is 0 Å². The number of para-hydroxylation sites is 1. The third-order valence-corrected chi connectivity index (χ3v) is 5.11. The largest absolute Gasteiger partial charge is 0.493 e. The number of fused-ring (bicyclic) bond motifs is 1. The molecule has 0 unspecified atom stereocenters. The predicted octanol–water partition coefficient (Wildman–Crippen LogP) is 3.66. The third-order valence-electron chi connectivity index (χ3n) is 3.69. The second kappa shape index (κ2) is 6.41. The van der Waals surface area contributed by atoms with Gasteiger partial charge >= 0.3 is 0 Å². The highest BCUT2D eigenvalue weighted by Gasteiger charge is 2.20. The minimum absolute atomic E-state index is 0.213. The highest BCUT2D eigenvalue weighted by Crippen LogP contribution is 2.36. The fourth-order valence-electron chi connectivity index (χ4n) is 2.60. The predicted molar refractivity (Wildman–Crippen MR) is 94.3 cm³/mol. The van der Waals surface area contributed by atoms with Crippen LogP contribution in [0.1, 0.15) is 0 Å². The van der Waals surface area contributed by atoms with E-state index in [9.17, 15) is 8.42 Å². The van der Waals surface area contributed by atoms with Gasteiger partial charge in [0.15, 0.2) is 11.5 Å². The van der Waals surface area contributed by atoms with E-state index in [0.29, 0.717) is 22.6 Å². The topological polar surface area (TPSA) is 64.6 Å². The molecule has 0 aliphatic rings. The summed E-state index contributed by atoms with van der Waals surface area (Å²) < 4.78 is 38.8. The summed E-state index contributed by atoms with van der Waals surface area (Å²) in [4.78, 5) is 0.213. The van der Waals surface area contributed by atoms with E-state index in [1.807, 2.05) is 24.3 Å². The summed E-state index contributed by atoms with van der Waals surface area (Å²) in [6.45, 7) is 0. The van der Waals surface area contributed by atoms with Gasteiger partial charge in [-0.05, 0) is 23.6 Å². The molecule has 0 saturated heterocycles. The summed E-state index contributed by atoms with van der Waals surface area (Å²) in [6.07, 6.45) is 0. The average molecular weight is 343 g/mol. The molecule has 0 fully saturated rings. The molecular weight excluding hydrogens is 326 g/mol. The maximum atomic E-state index is 12.9. The molecule has 6 heteroatoms. The van der Waals surface area contributed by atoms with Crippen LogP contribution in [0.2, 0.25) is 0 Å². The number of ether oxygens (including phenoxy) is 2. The molecule has 3 aromatic rings. The van der Waals surface area contributed by atoms with Crippen LogP contribution in [0.5, 0.6) is 11.5 Å². The number of benzene rings is 3. The van der Waals surface area contributed by atoms with E-state index in [4.69, 9.17) is 9.47 Å². The lowest BCUT2D eigenvalue weighted by Gasteiger charge is -2.15. The zero-order valence-electron chi connectivity index (χ0n) is 13.3. The number of hydrogen-bond donors (Lipinski definition) is 1. The maximum Gasteiger partial charge on any atom is 0.262 e. The molecule has 1 N–H and O–H groups in total. The van der Waals surface area contributed by atoms with Gasteiger partial charge < -0.3 is 9.47 Å². The molecular formula is C18H17NO4S. The first-order chi connectivity index (χ1) is 11.6. The summed E-state index contributed by atoms with van der Waals surface area (Å²) in [5, 5.41) is 1.52. The van der Waals surface area contributed by atoms with Gasteiger partial charge in [0.1, 0.15) is 0 Å². The number of rotatable bonds is 5. The minimum atomic E-state index is -3.78. The van der Waals surface area contributed by atoms with Crippen LogP contribution in [-0.2, 0) is 10.0 Å². The SMILES string of the molecule is COc1cccc(NS(=O)(=O)c2cccc3ccccc23)c1OC. The van der Waals surface area contributed by atoms with Gasteiger partial charge in [0.2, 0.25) is 0 Å². The maximum absolute atomic E-state index is 12.9. The minimum Gasteiger partial charge on any atom is -0.493 e. The molecule has 0 aliphatic carbocycles. The lowest BCUT2D eigenvalue weighted by Crippen LogP contribution is -2.14. The van der Waals surface area contributed by atoms with Crippen molar-refractivity contribution in [2.45, 2.75) is 4.90 Å². The van der Waals surface area contributed by atoms with Gasteiger partial charge in [0, 0.05) is 5.39 Å². The fourth-order valence-corrected chi connectivity index (χ4v) is 3.89. The first-order valence-electron chi connectivity index (χ1n) is 7.28. The monoisotopic (exact) mass is 343 g/mol. The van der Waals surface area contributed by atoms with Crippen LogP contribution in [0.4, 0.5) is 5.69 Å². The summed E-state index contributed by atoms with van der Waals surface area (Å²) in [5.74, 6) is 0.791. The smallest absolute Gasteiger partial charge is 0.262 e. The van der Waals surface area contributed by atoms with Gasteiger partial charge in [0.25, 0.3) is 10.0 Å². The molecule has 5 nitrogen and oxygen atoms in total. The van der Waals surface area contributed by atoms with Crippen molar-refractivity contribution >= 4 is 26.5 Å². The van der Waals surface area contributed by atoms with Crippen molar-refractivity contribution in [3.05, 3.63) is 60.7 Å². The second-order valence-electron chi connectivity index (χ2n) is 5.12. The quantitative estimate of drug-likeness (QED) is 0.768. The van der Waals surface area contributed by atoms with E-state index in [1.54, 1.807) is 36.4 Å². The molecule has 0 atom stereocenters. The Morgan fingerprint density at radius 1 is 0.833 bits per heavy atom. The van der Waals surface area contributed by atoms with Gasteiger partial charge in [-0.15, -0.1) is 0 Å². The molecule has 0 radical (unpaired) electrons. The molecule has 0 aromatic heterocycles. The van der Waals surface area contributed by atoms with Crippen LogP contribution in [-0.4, -0.2) is 22.6 Å². The Morgan fingerprint density at radius 2 is 1.54 bits per heavy atom. The Morgan fingerprint density at radius 3 is 2.29 bits per heavy atom. The third kappa shape index (κ3) is 2.88. The number of nitrogens with one attached hydrogen (secondary N) is 1. The summed E-state index contributed by atoms with van der Waals surface area (Å²) in [7, 11) is -0.816. The molecule has 24 heavy (non-hydrogen) atoms. The Labute approximate surface area is 140 Å². The van der Waals surface area contributed by atoms with Crippen LogP contribution in [0.15, 0.2) is 65.6 Å². The van der Waals surface area contributed by atoms with Crippen molar-refractivity contribution in [3.8, 4) is 11.5 Å². The molecule has 124 valence electrons. The Hall–Kier alpha value is -2.73. The summed E-state index contributed by atoms with van der Waals surface area (Å²) in [5.41, 5.74) is 0.324. The second-order valence-corrected chi connectivity index (χ2v) is 6.77. The number of sulfonamides is 1. The molecule has 0 saturated carbocycles. The Bertz CT molecular complexity index is 978. The normalized spacial score (nSPS) is 11.2. The number of hydrogen-bond acceptors (Lipinski definition) is 4. The highest BCUT2D eigenvalue weighted by molar-refractivity contribution is 7.93. The van der Waals surface area contributed by atoms with Gasteiger partial charge in [-0.25, -0.2) is 8.42 Å². The van der Waals surface area contributed by atoms with E-state index in [0.717, 1.165) is 5.39 Å². The zero-order chi connectivity index (χ0) is 17.2. The van der Waals surface area contributed by atoms with E-state index in [2.05, 4.69) is 4.72 Å². The van der Waals surface area contributed by atoms with Gasteiger partial charge in [-0.2, -0.15) is 0 Å². The standard InChI is InChI=1S/C18H17NO4S/c1-22-16-11-6-10-15(18(16)23-2)19-24(20,21)17-12-5-8-13-7-3-4-9-14(13)17/h3-12,19H,1-2H3. The van der Waals surface area contributed by atoms with Crippen molar-refractivity contribution < 1.29 is 17.9 Å². The van der Waals surface area contributed by atoms with E-state index < -0.39 is 10.0 Å². The lowest BCUT2D eigenvalue weighted by molar-refractivity contribution is 0.356. The summed E-state index contributed by atoms with van der Waals surface area (Å²) >= 11 is 0. The van der Waals surface area contributed by atoms with Gasteiger partial charge in [-0.1, -0.05) is 42.5 Å². The van der Waals surface area contributed by atoms with E-state index in [-0.39, 0.29) is 4.90 Å². The number of methoxy groups -OCH3 is 2. The first kappa shape index (κ1) is 16.1. The zero-order valence-corrected chi connectivity index (χ0v) is 14.1. The van der Waals surface area contributed by atoms with Crippen molar-refractivity contribution in [2.75, 3.05) is 18.9 Å². The van der Waals surface area contributed by atoms with Crippen molar-refractivity contribution in [2.24, 2.45) is 0 Å². The van der Waals surface area contributed by atoms with E-state index in [1.165, 1.54) is 14.2 Å². The van der Waals surface area contributed by atoms with Crippen LogP contribution >= 0.6 is 0 Å². The highest BCUT2D eigenvalue weighted by atomic mass is 32.2. The van der Waals surface area contributed by atoms with Crippen molar-refractivity contribution in [1.82, 2.24) is 0 Å². The van der Waals surface area contributed by atoms with Crippen molar-refractivity contribution in [3.63, 3.8) is 0 Å². The Balaban J connectivity index is 2.09. The van der Waals surface area contributed by atoms with Crippen LogP contribution in [0.3, 0.4) is 0 Å². The van der Waals surface area contributed by atoms with Crippen LogP contribution < -0.4 is 14.2 Å². The lowest BCUT2D eigenvalue weighted by atomic mass is 10.1. The molecule has 3 rings (SSSR count). The van der Waals surface area contributed by atoms with Gasteiger partial charge in [-0.3, -0.25) is 4.72 Å².